The highest BCUT2D eigenvalue weighted by Crippen LogP contribution is 2.18. The van der Waals surface area contributed by atoms with Crippen molar-refractivity contribution in [3.63, 3.8) is 0 Å². The highest BCUT2D eigenvalue weighted by molar-refractivity contribution is 7.99. The maximum atomic E-state index is 12.5. The van der Waals surface area contributed by atoms with Crippen molar-refractivity contribution < 1.29 is 4.79 Å². The second-order valence-electron chi connectivity index (χ2n) is 4.39. The molecule has 1 aromatic carbocycles. The average molecular weight is 274 g/mol. The minimum absolute atomic E-state index is 0.120. The summed E-state index contributed by atoms with van der Waals surface area (Å²) in [6.07, 6.45) is 0. The molecule has 1 aromatic rings. The van der Waals surface area contributed by atoms with Crippen molar-refractivity contribution in [1.29, 1.82) is 0 Å². The van der Waals surface area contributed by atoms with Crippen LogP contribution in [0.15, 0.2) is 18.2 Å². The molecule has 4 heteroatoms. The molecule has 1 aliphatic heterocycles. The fraction of sp³-hybridized carbons (Fsp3) is 0.400. The third kappa shape index (κ3) is 3.31. The van der Waals surface area contributed by atoms with Crippen molar-refractivity contribution in [3.8, 4) is 11.8 Å². The van der Waals surface area contributed by atoms with E-state index in [-0.39, 0.29) is 5.91 Å². The zero-order chi connectivity index (χ0) is 13.7. The Morgan fingerprint density at radius 3 is 2.84 bits per heavy atom. The van der Waals surface area contributed by atoms with E-state index in [1.807, 2.05) is 41.8 Å². The summed E-state index contributed by atoms with van der Waals surface area (Å²) < 4.78 is 0. The molecule has 0 unspecified atom stereocenters. The van der Waals surface area contributed by atoms with Crippen LogP contribution in [-0.4, -0.2) is 41.9 Å². The van der Waals surface area contributed by atoms with Crippen molar-refractivity contribution in [2.24, 2.45) is 5.73 Å². The van der Waals surface area contributed by atoms with Crippen LogP contribution in [0.1, 0.15) is 21.5 Å². The number of hydrogen-bond donors (Lipinski definition) is 1. The lowest BCUT2D eigenvalue weighted by molar-refractivity contribution is 0.0771. The summed E-state index contributed by atoms with van der Waals surface area (Å²) in [5, 5.41) is 0. The molecule has 1 heterocycles. The molecule has 0 spiro atoms. The monoisotopic (exact) mass is 274 g/mol. The van der Waals surface area contributed by atoms with Gasteiger partial charge >= 0.3 is 0 Å². The molecular formula is C15H18N2OS. The quantitative estimate of drug-likeness (QED) is 0.789. The maximum Gasteiger partial charge on any atom is 0.254 e. The summed E-state index contributed by atoms with van der Waals surface area (Å²) in [6, 6.07) is 5.70. The van der Waals surface area contributed by atoms with Gasteiger partial charge in [-0.05, 0) is 24.6 Å². The van der Waals surface area contributed by atoms with Crippen LogP contribution < -0.4 is 5.73 Å². The Morgan fingerprint density at radius 2 is 2.16 bits per heavy atom. The summed E-state index contributed by atoms with van der Waals surface area (Å²) >= 11 is 1.90. The summed E-state index contributed by atoms with van der Waals surface area (Å²) in [5.41, 5.74) is 7.99. The highest BCUT2D eigenvalue weighted by atomic mass is 32.2. The van der Waals surface area contributed by atoms with Crippen LogP contribution in [0.25, 0.3) is 0 Å². The van der Waals surface area contributed by atoms with Gasteiger partial charge in [-0.3, -0.25) is 4.79 Å². The maximum absolute atomic E-state index is 12.5. The molecule has 0 radical (unpaired) electrons. The van der Waals surface area contributed by atoms with E-state index in [4.69, 9.17) is 5.73 Å². The molecule has 100 valence electrons. The van der Waals surface area contributed by atoms with Crippen molar-refractivity contribution >= 4 is 17.7 Å². The van der Waals surface area contributed by atoms with E-state index in [2.05, 4.69) is 11.8 Å². The zero-order valence-electron chi connectivity index (χ0n) is 11.1. The predicted molar refractivity (Wildman–Crippen MR) is 80.3 cm³/mol. The molecule has 0 aromatic heterocycles. The predicted octanol–water partition coefficient (Wildman–Crippen LogP) is 1.49. The Kier molecular flexibility index (Phi) is 4.89. The molecule has 1 saturated heterocycles. The lowest BCUT2D eigenvalue weighted by atomic mass is 10.0. The molecule has 1 amide bonds. The smallest absolute Gasteiger partial charge is 0.254 e. The largest absolute Gasteiger partial charge is 0.337 e. The van der Waals surface area contributed by atoms with Crippen molar-refractivity contribution in [3.05, 3.63) is 34.9 Å². The van der Waals surface area contributed by atoms with Gasteiger partial charge in [-0.15, -0.1) is 0 Å². The van der Waals surface area contributed by atoms with E-state index in [9.17, 15) is 4.79 Å². The third-order valence-corrected chi connectivity index (χ3v) is 4.13. The highest BCUT2D eigenvalue weighted by Gasteiger charge is 2.20. The lowest BCUT2D eigenvalue weighted by Crippen LogP contribution is -2.38. The van der Waals surface area contributed by atoms with Crippen LogP contribution in [0.4, 0.5) is 0 Å². The van der Waals surface area contributed by atoms with Crippen molar-refractivity contribution in [2.75, 3.05) is 31.1 Å². The Hall–Kier alpha value is -1.44. The fourth-order valence-corrected chi connectivity index (χ4v) is 2.99. The number of rotatable bonds is 1. The fourth-order valence-electron chi connectivity index (χ4n) is 2.09. The van der Waals surface area contributed by atoms with E-state index < -0.39 is 0 Å². The van der Waals surface area contributed by atoms with Gasteiger partial charge in [-0.2, -0.15) is 11.8 Å². The zero-order valence-corrected chi connectivity index (χ0v) is 11.9. The molecule has 3 nitrogen and oxygen atoms in total. The van der Waals surface area contributed by atoms with Gasteiger partial charge in [0.15, 0.2) is 0 Å². The van der Waals surface area contributed by atoms with Gasteiger partial charge in [-0.1, -0.05) is 17.9 Å². The lowest BCUT2D eigenvalue weighted by Gasteiger charge is -2.27. The molecule has 0 aliphatic carbocycles. The number of nitrogens with two attached hydrogens (primary N) is 1. The Labute approximate surface area is 118 Å². The first-order valence-electron chi connectivity index (χ1n) is 6.39. The Bertz CT molecular complexity index is 525. The van der Waals surface area contributed by atoms with E-state index in [0.717, 1.165) is 41.3 Å². The van der Waals surface area contributed by atoms with Gasteiger partial charge in [-0.25, -0.2) is 0 Å². The summed E-state index contributed by atoms with van der Waals surface area (Å²) in [6.45, 7) is 3.96. The Balaban J connectivity index is 2.26. The minimum atomic E-state index is 0.120. The number of carbonyl (C=O) groups is 1. The van der Waals surface area contributed by atoms with Gasteiger partial charge in [0, 0.05) is 35.7 Å². The number of nitrogens with zero attached hydrogens (tertiary/aromatic N) is 1. The first-order valence-corrected chi connectivity index (χ1v) is 7.55. The average Bonchev–Trinajstić information content (AvgIpc) is 2.46. The standard InChI is InChI=1S/C15H18N2OS/c1-12-13(5-3-7-16)4-2-6-14(12)15(18)17-8-10-19-11-9-17/h2,4,6H,7-11,16H2,1H3. The number of hydrogen-bond acceptors (Lipinski definition) is 3. The Morgan fingerprint density at radius 1 is 1.42 bits per heavy atom. The van der Waals surface area contributed by atoms with Gasteiger partial charge in [0.05, 0.1) is 6.54 Å². The van der Waals surface area contributed by atoms with Gasteiger partial charge < -0.3 is 10.6 Å². The van der Waals surface area contributed by atoms with Gasteiger partial charge in [0.2, 0.25) is 0 Å². The summed E-state index contributed by atoms with van der Waals surface area (Å²) in [7, 11) is 0. The normalized spacial score (nSPS) is 14.7. The first-order chi connectivity index (χ1) is 9.24. The number of amides is 1. The van der Waals surface area contributed by atoms with E-state index in [1.54, 1.807) is 0 Å². The topological polar surface area (TPSA) is 46.3 Å². The number of carbonyl (C=O) groups excluding carboxylic acids is 1. The van der Waals surface area contributed by atoms with Crippen LogP contribution in [-0.2, 0) is 0 Å². The molecule has 0 atom stereocenters. The van der Waals surface area contributed by atoms with Crippen LogP contribution in [0.2, 0.25) is 0 Å². The minimum Gasteiger partial charge on any atom is -0.337 e. The van der Waals surface area contributed by atoms with E-state index in [1.165, 1.54) is 0 Å². The molecule has 0 saturated carbocycles. The first kappa shape index (κ1) is 14.0. The molecule has 1 aliphatic rings. The second kappa shape index (κ2) is 6.65. The van der Waals surface area contributed by atoms with Crippen molar-refractivity contribution in [2.45, 2.75) is 6.92 Å². The molecule has 19 heavy (non-hydrogen) atoms. The van der Waals surface area contributed by atoms with Crippen LogP contribution in [0, 0.1) is 18.8 Å². The third-order valence-electron chi connectivity index (χ3n) is 3.19. The van der Waals surface area contributed by atoms with Crippen LogP contribution in [0.5, 0.6) is 0 Å². The van der Waals surface area contributed by atoms with Crippen LogP contribution >= 0.6 is 11.8 Å². The summed E-state index contributed by atoms with van der Waals surface area (Å²) in [5.74, 6) is 8.03. The van der Waals surface area contributed by atoms with E-state index in [0.29, 0.717) is 6.54 Å². The molecule has 2 rings (SSSR count). The SMILES string of the molecule is Cc1c(C#CCN)cccc1C(=O)N1CCSCC1. The van der Waals surface area contributed by atoms with E-state index >= 15 is 0 Å². The van der Waals surface area contributed by atoms with Crippen molar-refractivity contribution in [1.82, 2.24) is 4.90 Å². The molecule has 2 N–H and O–H groups in total. The number of thioether (sulfide) groups is 1. The van der Waals surface area contributed by atoms with Gasteiger partial charge in [0.1, 0.15) is 0 Å². The molecule has 1 fully saturated rings. The molecular weight excluding hydrogens is 256 g/mol. The number of benzene rings is 1. The summed E-state index contributed by atoms with van der Waals surface area (Å²) in [4.78, 5) is 14.4. The van der Waals surface area contributed by atoms with Gasteiger partial charge in [0.25, 0.3) is 5.91 Å². The molecule has 0 bridgehead atoms. The van der Waals surface area contributed by atoms with Crippen LogP contribution in [0.3, 0.4) is 0 Å². The second-order valence-corrected chi connectivity index (χ2v) is 5.61.